The Bertz CT molecular complexity index is 528. The fraction of sp³-hybridized carbons (Fsp3) is 0.500. The fourth-order valence-corrected chi connectivity index (χ4v) is 3.04. The maximum atomic E-state index is 10.2. The van der Waals surface area contributed by atoms with Gasteiger partial charge in [-0.3, -0.25) is 9.67 Å². The van der Waals surface area contributed by atoms with Crippen LogP contribution in [0.3, 0.4) is 0 Å². The lowest BCUT2D eigenvalue weighted by atomic mass is 9.97. The predicted molar refractivity (Wildman–Crippen MR) is 80.7 cm³/mol. The summed E-state index contributed by atoms with van der Waals surface area (Å²) in [6, 6.07) is 6.02. The molecule has 2 aromatic heterocycles. The van der Waals surface area contributed by atoms with Crippen LogP contribution in [0, 0.1) is 5.92 Å². The highest BCUT2D eigenvalue weighted by Crippen LogP contribution is 2.21. The summed E-state index contributed by atoms with van der Waals surface area (Å²) in [7, 11) is 0. The summed E-state index contributed by atoms with van der Waals surface area (Å²) in [5, 5.41) is 14.4. The molecule has 3 rings (SSSR count). The number of nitrogens with zero attached hydrogens (tertiary/aromatic N) is 4. The highest BCUT2D eigenvalue weighted by molar-refractivity contribution is 5.11. The smallest absolute Gasteiger partial charge is 0.0710 e. The second-order valence-electron chi connectivity index (χ2n) is 5.77. The molecule has 1 N–H and O–H groups in total. The number of aryl methyl sites for hydroxylation is 1. The van der Waals surface area contributed by atoms with E-state index in [1.54, 1.807) is 0 Å². The minimum absolute atomic E-state index is 0.220. The first-order valence-electron chi connectivity index (χ1n) is 7.58. The highest BCUT2D eigenvalue weighted by Gasteiger charge is 2.30. The number of hydrogen-bond acceptors (Lipinski definition) is 4. The van der Waals surface area contributed by atoms with Crippen molar-refractivity contribution >= 4 is 0 Å². The lowest BCUT2D eigenvalue weighted by Crippen LogP contribution is -2.24. The Morgan fingerprint density at radius 2 is 2.00 bits per heavy atom. The third kappa shape index (κ3) is 3.89. The van der Waals surface area contributed by atoms with E-state index in [4.69, 9.17) is 0 Å². The van der Waals surface area contributed by atoms with Gasteiger partial charge in [0.1, 0.15) is 0 Å². The second-order valence-corrected chi connectivity index (χ2v) is 5.77. The van der Waals surface area contributed by atoms with Gasteiger partial charge in [0.25, 0.3) is 0 Å². The largest absolute Gasteiger partial charge is 0.391 e. The predicted octanol–water partition coefficient (Wildman–Crippen LogP) is 1.20. The third-order valence-corrected chi connectivity index (χ3v) is 4.15. The lowest BCUT2D eigenvalue weighted by Gasteiger charge is -2.15. The molecule has 112 valence electrons. The number of aliphatic hydroxyl groups is 1. The van der Waals surface area contributed by atoms with Crippen molar-refractivity contribution in [1.29, 1.82) is 0 Å². The van der Waals surface area contributed by atoms with Crippen LogP contribution in [-0.4, -0.2) is 50.5 Å². The van der Waals surface area contributed by atoms with Crippen LogP contribution in [0.15, 0.2) is 43.0 Å². The summed E-state index contributed by atoms with van der Waals surface area (Å²) in [6.07, 6.45) is 9.21. The Morgan fingerprint density at radius 3 is 2.76 bits per heavy atom. The zero-order chi connectivity index (χ0) is 14.5. The minimum atomic E-state index is -0.220. The number of rotatable bonds is 6. The number of pyridine rings is 1. The summed E-state index contributed by atoms with van der Waals surface area (Å²) in [4.78, 5) is 6.40. The molecule has 0 spiro atoms. The Balaban J connectivity index is 1.45. The standard InChI is InChI=1S/C16H22N4O/c21-16-13-19(8-2-10-20-9-1-5-18-20)12-15(16)11-14-3-6-17-7-4-14/h1,3-7,9,15-16,21H,2,8,10-13H2/t15-,16+/m1/s1. The van der Waals surface area contributed by atoms with Crippen LogP contribution in [0.25, 0.3) is 0 Å². The van der Waals surface area contributed by atoms with Crippen LogP contribution in [0.1, 0.15) is 12.0 Å². The van der Waals surface area contributed by atoms with E-state index in [1.165, 1.54) is 5.56 Å². The van der Waals surface area contributed by atoms with E-state index in [2.05, 4.69) is 15.0 Å². The van der Waals surface area contributed by atoms with E-state index < -0.39 is 0 Å². The first-order valence-corrected chi connectivity index (χ1v) is 7.58. The third-order valence-electron chi connectivity index (χ3n) is 4.15. The average molecular weight is 286 g/mol. The SMILES string of the molecule is O[C@H]1CN(CCCn2cccn2)C[C@H]1Cc1ccncc1. The van der Waals surface area contributed by atoms with Crippen molar-refractivity contribution in [1.82, 2.24) is 19.7 Å². The number of likely N-dealkylation sites (tertiary alicyclic amines) is 1. The maximum Gasteiger partial charge on any atom is 0.0710 e. The van der Waals surface area contributed by atoms with E-state index in [1.807, 2.05) is 47.7 Å². The first kappa shape index (κ1) is 14.2. The van der Waals surface area contributed by atoms with Crippen molar-refractivity contribution in [3.8, 4) is 0 Å². The van der Waals surface area contributed by atoms with Crippen molar-refractivity contribution in [3.63, 3.8) is 0 Å². The summed E-state index contributed by atoms with van der Waals surface area (Å²) in [6.45, 7) is 3.72. The van der Waals surface area contributed by atoms with Crippen molar-refractivity contribution in [2.24, 2.45) is 5.92 Å². The molecule has 21 heavy (non-hydrogen) atoms. The van der Waals surface area contributed by atoms with Crippen molar-refractivity contribution in [2.45, 2.75) is 25.5 Å². The summed E-state index contributed by atoms with van der Waals surface area (Å²) >= 11 is 0. The van der Waals surface area contributed by atoms with E-state index in [0.717, 1.165) is 39.0 Å². The van der Waals surface area contributed by atoms with Gasteiger partial charge in [-0.2, -0.15) is 5.10 Å². The van der Waals surface area contributed by atoms with E-state index >= 15 is 0 Å². The fourth-order valence-electron chi connectivity index (χ4n) is 3.04. The topological polar surface area (TPSA) is 54.2 Å². The zero-order valence-corrected chi connectivity index (χ0v) is 12.2. The molecule has 2 atom stereocenters. The molecule has 0 unspecified atom stereocenters. The summed E-state index contributed by atoms with van der Waals surface area (Å²) in [5.74, 6) is 0.331. The van der Waals surface area contributed by atoms with Gasteiger partial charge in [-0.05, 0) is 36.6 Å². The lowest BCUT2D eigenvalue weighted by molar-refractivity contribution is 0.141. The van der Waals surface area contributed by atoms with Crippen LogP contribution >= 0.6 is 0 Å². The Kier molecular flexibility index (Phi) is 4.62. The minimum Gasteiger partial charge on any atom is -0.391 e. The molecule has 0 amide bonds. The van der Waals surface area contributed by atoms with Gasteiger partial charge in [-0.25, -0.2) is 0 Å². The molecule has 1 aliphatic heterocycles. The van der Waals surface area contributed by atoms with E-state index in [0.29, 0.717) is 5.92 Å². The van der Waals surface area contributed by atoms with Gasteiger partial charge in [0.15, 0.2) is 0 Å². The van der Waals surface area contributed by atoms with E-state index in [-0.39, 0.29) is 6.10 Å². The molecule has 5 heteroatoms. The quantitative estimate of drug-likeness (QED) is 0.867. The summed E-state index contributed by atoms with van der Waals surface area (Å²) in [5.41, 5.74) is 1.26. The molecule has 1 aliphatic rings. The van der Waals surface area contributed by atoms with Crippen LogP contribution in [0.4, 0.5) is 0 Å². The van der Waals surface area contributed by atoms with Gasteiger partial charge in [0, 0.05) is 56.9 Å². The van der Waals surface area contributed by atoms with Gasteiger partial charge in [-0.1, -0.05) is 0 Å². The molecule has 5 nitrogen and oxygen atoms in total. The Hall–Kier alpha value is -1.72. The van der Waals surface area contributed by atoms with Gasteiger partial charge >= 0.3 is 0 Å². The normalized spacial score (nSPS) is 22.7. The molecule has 1 saturated heterocycles. The van der Waals surface area contributed by atoms with Crippen molar-refractivity contribution < 1.29 is 5.11 Å². The Morgan fingerprint density at radius 1 is 1.14 bits per heavy atom. The van der Waals surface area contributed by atoms with Crippen LogP contribution in [-0.2, 0) is 13.0 Å². The molecule has 0 aliphatic carbocycles. The second kappa shape index (κ2) is 6.83. The van der Waals surface area contributed by atoms with Crippen molar-refractivity contribution in [2.75, 3.05) is 19.6 Å². The molecular formula is C16H22N4O. The first-order chi connectivity index (χ1) is 10.3. The average Bonchev–Trinajstić information content (AvgIpc) is 3.11. The molecular weight excluding hydrogens is 264 g/mol. The van der Waals surface area contributed by atoms with Crippen LogP contribution in [0.5, 0.6) is 0 Å². The number of β-amino-alcohol motifs (C(OH)–C–C–N with tert-alkyl or cyclic N) is 1. The van der Waals surface area contributed by atoms with Crippen LogP contribution < -0.4 is 0 Å². The van der Waals surface area contributed by atoms with Gasteiger partial charge < -0.3 is 10.0 Å². The number of aliphatic hydroxyl groups excluding tert-OH is 1. The maximum absolute atomic E-state index is 10.2. The molecule has 0 radical (unpaired) electrons. The molecule has 3 heterocycles. The molecule has 0 aromatic carbocycles. The number of hydrogen-bond donors (Lipinski definition) is 1. The van der Waals surface area contributed by atoms with Gasteiger partial charge in [-0.15, -0.1) is 0 Å². The molecule has 1 fully saturated rings. The van der Waals surface area contributed by atoms with Crippen molar-refractivity contribution in [3.05, 3.63) is 48.5 Å². The van der Waals surface area contributed by atoms with E-state index in [9.17, 15) is 5.11 Å². The van der Waals surface area contributed by atoms with Crippen LogP contribution in [0.2, 0.25) is 0 Å². The number of aromatic nitrogens is 3. The molecule has 0 saturated carbocycles. The highest BCUT2D eigenvalue weighted by atomic mass is 16.3. The van der Waals surface area contributed by atoms with Gasteiger partial charge in [0.2, 0.25) is 0 Å². The van der Waals surface area contributed by atoms with Gasteiger partial charge in [0.05, 0.1) is 6.10 Å². The summed E-state index contributed by atoms with van der Waals surface area (Å²) < 4.78 is 1.96. The monoisotopic (exact) mass is 286 g/mol. The molecule has 2 aromatic rings. The molecule has 0 bridgehead atoms. The zero-order valence-electron chi connectivity index (χ0n) is 12.2. The Labute approximate surface area is 125 Å².